The van der Waals surface area contributed by atoms with Crippen LogP contribution in [0, 0.1) is 12.3 Å². The van der Waals surface area contributed by atoms with E-state index in [2.05, 4.69) is 38.1 Å². The Hall–Kier alpha value is -2.55. The maximum absolute atomic E-state index is 13.3. The number of carbonyl (C=O) groups excluding carboxylic acids is 1. The molecule has 3 rings (SSSR count). The number of benzene rings is 2. The van der Waals surface area contributed by atoms with Crippen molar-refractivity contribution in [2.24, 2.45) is 4.99 Å². The lowest BCUT2D eigenvalue weighted by Crippen LogP contribution is -2.39. The zero-order chi connectivity index (χ0) is 21.7. The molecule has 2 aromatic carbocycles. The lowest BCUT2D eigenvalue weighted by atomic mass is 9.76. The van der Waals surface area contributed by atoms with Gasteiger partial charge in [0.2, 0.25) is 5.78 Å². The van der Waals surface area contributed by atoms with Gasteiger partial charge in [-0.05, 0) is 37.3 Å². The zero-order valence-electron chi connectivity index (χ0n) is 18.7. The second-order valence-corrected chi connectivity index (χ2v) is 9.02. The molecule has 0 fully saturated rings. The van der Waals surface area contributed by atoms with Crippen molar-refractivity contribution in [1.82, 2.24) is 0 Å². The molecule has 1 aliphatic rings. The first-order chi connectivity index (χ1) is 14.3. The molecule has 0 saturated carbocycles. The highest BCUT2D eigenvalue weighted by Gasteiger charge is 2.39. The van der Waals surface area contributed by atoms with Crippen LogP contribution >= 0.6 is 0 Å². The Balaban J connectivity index is 1.82. The first-order valence-electron chi connectivity index (χ1n) is 11.2. The highest BCUT2D eigenvalue weighted by atomic mass is 16.1. The number of nitrogens with zero attached hydrogens (tertiary/aromatic N) is 1. The third-order valence-corrected chi connectivity index (χ3v) is 6.37. The summed E-state index contributed by atoms with van der Waals surface area (Å²) >= 11 is 0. The van der Waals surface area contributed by atoms with Crippen molar-refractivity contribution in [1.29, 1.82) is 5.41 Å². The summed E-state index contributed by atoms with van der Waals surface area (Å²) in [5.41, 5.74) is 4.12. The van der Waals surface area contributed by atoms with E-state index in [1.807, 2.05) is 44.2 Å². The molecule has 2 aromatic rings. The van der Waals surface area contributed by atoms with E-state index >= 15 is 0 Å². The van der Waals surface area contributed by atoms with Gasteiger partial charge in [-0.1, -0.05) is 93.8 Å². The molecule has 1 aliphatic heterocycles. The Labute approximate surface area is 181 Å². The summed E-state index contributed by atoms with van der Waals surface area (Å²) in [7, 11) is 0. The number of carbonyl (C=O) groups is 1. The van der Waals surface area contributed by atoms with Crippen molar-refractivity contribution < 1.29 is 4.79 Å². The van der Waals surface area contributed by atoms with Gasteiger partial charge in [0.25, 0.3) is 0 Å². The van der Waals surface area contributed by atoms with Crippen LogP contribution in [0.5, 0.6) is 0 Å². The van der Waals surface area contributed by atoms with Gasteiger partial charge >= 0.3 is 0 Å². The largest absolute Gasteiger partial charge is 0.301 e. The van der Waals surface area contributed by atoms with Crippen LogP contribution in [0.25, 0.3) is 0 Å². The minimum Gasteiger partial charge on any atom is -0.301 e. The van der Waals surface area contributed by atoms with Gasteiger partial charge in [0.15, 0.2) is 0 Å². The fraction of sp³-hybridized carbons (Fsp3) is 0.444. The van der Waals surface area contributed by atoms with Crippen molar-refractivity contribution in [3.8, 4) is 0 Å². The Bertz CT molecular complexity index is 910. The Morgan fingerprint density at radius 1 is 1.07 bits per heavy atom. The third kappa shape index (κ3) is 4.77. The molecule has 0 aromatic heterocycles. The van der Waals surface area contributed by atoms with E-state index in [1.165, 1.54) is 24.0 Å². The number of Topliss-reactive ketones (excluding diaryl/α,β-unsaturated/α-hetero) is 1. The Morgan fingerprint density at radius 3 is 2.37 bits per heavy atom. The molecule has 0 radical (unpaired) electrons. The highest BCUT2D eigenvalue weighted by Crippen LogP contribution is 2.35. The predicted octanol–water partition coefficient (Wildman–Crippen LogP) is 6.44. The SMILES string of the molecule is CCCCCC1=NC(C(=O)C(=N)C(C)(C)c2ccccc2)CC1c1ccc(C)cc1. The highest BCUT2D eigenvalue weighted by molar-refractivity contribution is 6.44. The smallest absolute Gasteiger partial charge is 0.201 e. The summed E-state index contributed by atoms with van der Waals surface area (Å²) in [4.78, 5) is 18.2. The topological polar surface area (TPSA) is 53.3 Å². The van der Waals surface area contributed by atoms with E-state index in [9.17, 15) is 4.79 Å². The molecule has 2 unspecified atom stereocenters. The second kappa shape index (κ2) is 9.51. The second-order valence-electron chi connectivity index (χ2n) is 9.02. The summed E-state index contributed by atoms with van der Waals surface area (Å²) in [6, 6.07) is 18.0. The summed E-state index contributed by atoms with van der Waals surface area (Å²) in [5.74, 6) is 0.0514. The molecule has 0 spiro atoms. The quantitative estimate of drug-likeness (QED) is 0.381. The van der Waals surface area contributed by atoms with Crippen molar-refractivity contribution in [2.45, 2.75) is 77.2 Å². The van der Waals surface area contributed by atoms with Crippen LogP contribution in [0.1, 0.15) is 75.5 Å². The number of hydrogen-bond donors (Lipinski definition) is 1. The molecule has 0 bridgehead atoms. The predicted molar refractivity (Wildman–Crippen MR) is 126 cm³/mol. The summed E-state index contributed by atoms with van der Waals surface area (Å²) in [5, 5.41) is 8.71. The summed E-state index contributed by atoms with van der Waals surface area (Å²) in [6.45, 7) is 8.21. The standard InChI is InChI=1S/C27H34N2O/c1-5-6-8-13-23-22(20-16-14-19(2)15-17-20)18-24(29-23)25(30)26(28)27(3,4)21-11-9-7-10-12-21/h7,9-12,14-17,22,24,28H,5-6,8,13,18H2,1-4H3. The maximum Gasteiger partial charge on any atom is 0.201 e. The summed E-state index contributed by atoms with van der Waals surface area (Å²) < 4.78 is 0. The van der Waals surface area contributed by atoms with Crippen molar-refractivity contribution >= 4 is 17.2 Å². The van der Waals surface area contributed by atoms with Crippen LogP contribution in [0.4, 0.5) is 0 Å². The maximum atomic E-state index is 13.3. The lowest BCUT2D eigenvalue weighted by molar-refractivity contribution is -0.114. The minimum atomic E-state index is -0.627. The minimum absolute atomic E-state index is 0.133. The van der Waals surface area contributed by atoms with Crippen LogP contribution in [0.2, 0.25) is 0 Å². The monoisotopic (exact) mass is 402 g/mol. The van der Waals surface area contributed by atoms with Gasteiger partial charge in [0.1, 0.15) is 6.04 Å². The van der Waals surface area contributed by atoms with Gasteiger partial charge in [0.05, 0.1) is 5.71 Å². The van der Waals surface area contributed by atoms with E-state index in [1.54, 1.807) is 0 Å². The van der Waals surface area contributed by atoms with E-state index in [0.717, 1.165) is 24.1 Å². The number of nitrogens with one attached hydrogen (secondary N) is 1. The van der Waals surface area contributed by atoms with Gasteiger partial charge < -0.3 is 5.41 Å². The molecule has 0 aliphatic carbocycles. The fourth-order valence-corrected chi connectivity index (χ4v) is 4.26. The molecule has 0 saturated heterocycles. The van der Waals surface area contributed by atoms with Gasteiger partial charge in [0, 0.05) is 17.0 Å². The molecule has 158 valence electrons. The molecule has 30 heavy (non-hydrogen) atoms. The zero-order valence-corrected chi connectivity index (χ0v) is 18.7. The van der Waals surface area contributed by atoms with E-state index in [-0.39, 0.29) is 17.4 Å². The number of rotatable bonds is 9. The lowest BCUT2D eigenvalue weighted by Gasteiger charge is -2.26. The molecular weight excluding hydrogens is 368 g/mol. The Kier molecular flexibility index (Phi) is 7.02. The third-order valence-electron chi connectivity index (χ3n) is 6.37. The average molecular weight is 403 g/mol. The van der Waals surface area contributed by atoms with Crippen LogP contribution in [-0.2, 0) is 10.2 Å². The van der Waals surface area contributed by atoms with Crippen LogP contribution in [0.3, 0.4) is 0 Å². The number of ketones is 1. The van der Waals surface area contributed by atoms with Gasteiger partial charge in [-0.25, -0.2) is 0 Å². The molecule has 3 heteroatoms. The molecule has 1 N–H and O–H groups in total. The van der Waals surface area contributed by atoms with Crippen molar-refractivity contribution in [2.75, 3.05) is 0 Å². The van der Waals surface area contributed by atoms with E-state index in [0.29, 0.717) is 6.42 Å². The van der Waals surface area contributed by atoms with Gasteiger partial charge in [-0.15, -0.1) is 0 Å². The normalized spacial score (nSPS) is 18.9. The first-order valence-corrected chi connectivity index (χ1v) is 11.2. The molecule has 3 nitrogen and oxygen atoms in total. The van der Waals surface area contributed by atoms with Crippen molar-refractivity contribution in [3.63, 3.8) is 0 Å². The number of hydrogen-bond acceptors (Lipinski definition) is 3. The van der Waals surface area contributed by atoms with Crippen LogP contribution in [0.15, 0.2) is 59.6 Å². The van der Waals surface area contributed by atoms with E-state index < -0.39 is 11.5 Å². The number of aliphatic imine (C=N–C) groups is 1. The van der Waals surface area contributed by atoms with E-state index in [4.69, 9.17) is 10.4 Å². The van der Waals surface area contributed by atoms with Gasteiger partial charge in [-0.2, -0.15) is 0 Å². The summed E-state index contributed by atoms with van der Waals surface area (Å²) in [6.07, 6.45) is 5.06. The molecule has 0 amide bonds. The fourth-order valence-electron chi connectivity index (χ4n) is 4.26. The Morgan fingerprint density at radius 2 is 1.73 bits per heavy atom. The number of unbranched alkanes of at least 4 members (excludes halogenated alkanes) is 2. The van der Waals surface area contributed by atoms with Crippen molar-refractivity contribution in [3.05, 3.63) is 71.3 Å². The first kappa shape index (κ1) is 22.1. The van der Waals surface area contributed by atoms with Crippen LogP contribution < -0.4 is 0 Å². The molecular formula is C27H34N2O. The molecule has 1 heterocycles. The van der Waals surface area contributed by atoms with Crippen LogP contribution in [-0.4, -0.2) is 23.2 Å². The molecule has 2 atom stereocenters. The average Bonchev–Trinajstić information content (AvgIpc) is 3.18. The number of aryl methyl sites for hydroxylation is 1. The van der Waals surface area contributed by atoms with Gasteiger partial charge in [-0.3, -0.25) is 9.79 Å².